The maximum Gasteiger partial charge on any atom is 0.282 e. The van der Waals surface area contributed by atoms with E-state index in [0.29, 0.717) is 28.2 Å². The summed E-state index contributed by atoms with van der Waals surface area (Å²) in [7, 11) is 4.62. The van der Waals surface area contributed by atoms with E-state index in [0.717, 1.165) is 15.3 Å². The Hall–Kier alpha value is -2.87. The zero-order chi connectivity index (χ0) is 18.8. The van der Waals surface area contributed by atoms with Gasteiger partial charge in [0, 0.05) is 10.4 Å². The summed E-state index contributed by atoms with van der Waals surface area (Å²) in [6.07, 6.45) is 2.95. The summed E-state index contributed by atoms with van der Waals surface area (Å²) < 4.78 is 17.3. The maximum atomic E-state index is 12.7. The number of nitrogens with zero attached hydrogens (tertiary/aromatic N) is 3. The number of benzene rings is 1. The summed E-state index contributed by atoms with van der Waals surface area (Å²) in [6.45, 7) is 3.89. The normalized spacial score (nSPS) is 11.3. The zero-order valence-corrected chi connectivity index (χ0v) is 16.0. The Balaban J connectivity index is 2.08. The predicted molar refractivity (Wildman–Crippen MR) is 102 cm³/mol. The highest BCUT2D eigenvalue weighted by Crippen LogP contribution is 2.39. The van der Waals surface area contributed by atoms with Crippen molar-refractivity contribution in [2.75, 3.05) is 21.3 Å². The van der Waals surface area contributed by atoms with Crippen LogP contribution >= 0.6 is 11.3 Å². The van der Waals surface area contributed by atoms with Gasteiger partial charge in [-0.25, -0.2) is 4.98 Å². The van der Waals surface area contributed by atoms with Crippen LogP contribution in [0.5, 0.6) is 17.2 Å². The lowest BCUT2D eigenvalue weighted by Gasteiger charge is -2.13. The van der Waals surface area contributed by atoms with E-state index in [-0.39, 0.29) is 5.56 Å². The molecule has 0 fully saturated rings. The van der Waals surface area contributed by atoms with Crippen molar-refractivity contribution in [3.05, 3.63) is 44.8 Å². The fourth-order valence-corrected chi connectivity index (χ4v) is 3.65. The fraction of sp³-hybridized carbons (Fsp3) is 0.278. The number of fused-ring (bicyclic) bond motifs is 1. The SMILES string of the molecule is COc1ccc(/C=N/n2cnc3sc(C)c(C)c3c2=O)c(OC)c1OC. The molecule has 0 aliphatic heterocycles. The van der Waals surface area contributed by atoms with Crippen LogP contribution < -0.4 is 19.8 Å². The molecule has 1 aromatic carbocycles. The molecule has 0 aliphatic rings. The number of aromatic nitrogens is 2. The minimum Gasteiger partial charge on any atom is -0.493 e. The molecule has 0 saturated heterocycles. The minimum absolute atomic E-state index is 0.201. The van der Waals surface area contributed by atoms with Crippen LogP contribution in [0.3, 0.4) is 0 Å². The second-order valence-electron chi connectivity index (χ2n) is 5.53. The van der Waals surface area contributed by atoms with Crippen LogP contribution in [0.25, 0.3) is 10.2 Å². The largest absolute Gasteiger partial charge is 0.493 e. The summed E-state index contributed by atoms with van der Waals surface area (Å²) in [5, 5.41) is 4.86. The fourth-order valence-electron chi connectivity index (χ4n) is 2.66. The van der Waals surface area contributed by atoms with Crippen molar-refractivity contribution in [3.8, 4) is 17.2 Å². The number of aryl methyl sites for hydroxylation is 2. The lowest BCUT2D eigenvalue weighted by atomic mass is 10.2. The van der Waals surface area contributed by atoms with Crippen LogP contribution in [0, 0.1) is 13.8 Å². The molecular weight excluding hydrogens is 354 g/mol. The number of hydrogen-bond acceptors (Lipinski definition) is 7. The van der Waals surface area contributed by atoms with Gasteiger partial charge in [0.1, 0.15) is 11.2 Å². The molecule has 0 atom stereocenters. The first-order valence-electron chi connectivity index (χ1n) is 7.82. The third kappa shape index (κ3) is 2.92. The Morgan fingerprint density at radius 2 is 1.85 bits per heavy atom. The van der Waals surface area contributed by atoms with Gasteiger partial charge in [-0.05, 0) is 31.5 Å². The second kappa shape index (κ2) is 7.17. The molecule has 3 aromatic rings. The van der Waals surface area contributed by atoms with Crippen LogP contribution in [0.1, 0.15) is 16.0 Å². The third-order valence-electron chi connectivity index (χ3n) is 4.13. The van der Waals surface area contributed by atoms with Crippen molar-refractivity contribution >= 4 is 27.8 Å². The van der Waals surface area contributed by atoms with Crippen molar-refractivity contribution < 1.29 is 14.2 Å². The van der Waals surface area contributed by atoms with Gasteiger partial charge in [0.15, 0.2) is 11.5 Å². The molecule has 0 spiro atoms. The second-order valence-corrected chi connectivity index (χ2v) is 6.73. The standard InChI is InChI=1S/C18H19N3O4S/c1-10-11(2)26-17-14(10)18(22)21(9-19-17)20-8-12-6-7-13(23-3)16(25-5)15(12)24-4/h6-9H,1-5H3/b20-8+. The van der Waals surface area contributed by atoms with Crippen molar-refractivity contribution in [1.82, 2.24) is 9.66 Å². The summed E-state index contributed by atoms with van der Waals surface area (Å²) in [5.41, 5.74) is 1.39. The van der Waals surface area contributed by atoms with Gasteiger partial charge in [-0.2, -0.15) is 9.78 Å². The molecule has 0 aliphatic carbocycles. The van der Waals surface area contributed by atoms with Gasteiger partial charge in [0.25, 0.3) is 5.56 Å². The third-order valence-corrected chi connectivity index (χ3v) is 5.24. The Kier molecular flexibility index (Phi) is 4.94. The molecule has 0 radical (unpaired) electrons. The highest BCUT2D eigenvalue weighted by molar-refractivity contribution is 7.18. The van der Waals surface area contributed by atoms with Gasteiger partial charge < -0.3 is 14.2 Å². The molecule has 3 rings (SSSR count). The number of methoxy groups -OCH3 is 3. The summed E-state index contributed by atoms with van der Waals surface area (Å²) in [6, 6.07) is 3.53. The quantitative estimate of drug-likeness (QED) is 0.643. The van der Waals surface area contributed by atoms with Crippen LogP contribution in [-0.2, 0) is 0 Å². The summed E-state index contributed by atoms with van der Waals surface area (Å²) >= 11 is 1.50. The molecule has 0 bridgehead atoms. The summed E-state index contributed by atoms with van der Waals surface area (Å²) in [4.78, 5) is 18.8. The van der Waals surface area contributed by atoms with Crippen LogP contribution in [0.2, 0.25) is 0 Å². The average molecular weight is 373 g/mol. The molecular formula is C18H19N3O4S. The molecule has 0 saturated carbocycles. The van der Waals surface area contributed by atoms with Crippen LogP contribution in [-0.4, -0.2) is 37.2 Å². The van der Waals surface area contributed by atoms with Gasteiger partial charge in [-0.3, -0.25) is 4.79 Å². The van der Waals surface area contributed by atoms with E-state index in [1.807, 2.05) is 13.8 Å². The Labute approximate surface area is 154 Å². The highest BCUT2D eigenvalue weighted by atomic mass is 32.1. The van der Waals surface area contributed by atoms with Crippen LogP contribution in [0.4, 0.5) is 0 Å². The van der Waals surface area contributed by atoms with E-state index in [1.165, 1.54) is 42.8 Å². The highest BCUT2D eigenvalue weighted by Gasteiger charge is 2.15. The van der Waals surface area contributed by atoms with Crippen molar-refractivity contribution in [3.63, 3.8) is 0 Å². The van der Waals surface area contributed by atoms with E-state index >= 15 is 0 Å². The van der Waals surface area contributed by atoms with Crippen molar-refractivity contribution in [2.45, 2.75) is 13.8 Å². The molecule has 0 N–H and O–H groups in total. The molecule has 0 amide bonds. The lowest BCUT2D eigenvalue weighted by molar-refractivity contribution is 0.324. The predicted octanol–water partition coefficient (Wildman–Crippen LogP) is 2.98. The molecule has 2 heterocycles. The average Bonchev–Trinajstić information content (AvgIpc) is 2.94. The Morgan fingerprint density at radius 1 is 1.12 bits per heavy atom. The zero-order valence-electron chi connectivity index (χ0n) is 15.2. The van der Waals surface area contributed by atoms with E-state index < -0.39 is 0 Å². The summed E-state index contributed by atoms with van der Waals surface area (Å²) in [5.74, 6) is 1.48. The first kappa shape index (κ1) is 17.9. The molecule has 0 unspecified atom stereocenters. The van der Waals surface area contributed by atoms with E-state index in [2.05, 4.69) is 10.1 Å². The first-order chi connectivity index (χ1) is 12.5. The number of rotatable bonds is 5. The van der Waals surface area contributed by atoms with Gasteiger partial charge in [-0.1, -0.05) is 0 Å². The van der Waals surface area contributed by atoms with Gasteiger partial charge in [0.2, 0.25) is 5.75 Å². The van der Waals surface area contributed by atoms with E-state index in [4.69, 9.17) is 14.2 Å². The van der Waals surface area contributed by atoms with E-state index in [9.17, 15) is 4.79 Å². The maximum absolute atomic E-state index is 12.7. The molecule has 26 heavy (non-hydrogen) atoms. The Bertz CT molecular complexity index is 1050. The number of ether oxygens (including phenoxy) is 3. The molecule has 136 valence electrons. The van der Waals surface area contributed by atoms with Gasteiger partial charge in [-0.15, -0.1) is 11.3 Å². The van der Waals surface area contributed by atoms with Gasteiger partial charge in [0.05, 0.1) is 32.9 Å². The Morgan fingerprint density at radius 3 is 2.50 bits per heavy atom. The topological polar surface area (TPSA) is 74.9 Å². The minimum atomic E-state index is -0.201. The number of thiophene rings is 1. The lowest BCUT2D eigenvalue weighted by Crippen LogP contribution is -2.17. The number of hydrogen-bond donors (Lipinski definition) is 0. The van der Waals surface area contributed by atoms with Crippen molar-refractivity contribution in [2.24, 2.45) is 5.10 Å². The molecule has 7 nitrogen and oxygen atoms in total. The van der Waals surface area contributed by atoms with Gasteiger partial charge >= 0.3 is 0 Å². The monoisotopic (exact) mass is 373 g/mol. The first-order valence-corrected chi connectivity index (χ1v) is 8.64. The smallest absolute Gasteiger partial charge is 0.282 e. The van der Waals surface area contributed by atoms with Crippen LogP contribution in [0.15, 0.2) is 28.4 Å². The molecule has 2 aromatic heterocycles. The van der Waals surface area contributed by atoms with E-state index in [1.54, 1.807) is 19.2 Å². The molecule has 8 heteroatoms. The van der Waals surface area contributed by atoms with Crippen molar-refractivity contribution in [1.29, 1.82) is 0 Å².